The minimum Gasteiger partial charge on any atom is -0.382 e. The van der Waals surface area contributed by atoms with E-state index in [4.69, 9.17) is 5.73 Å². The van der Waals surface area contributed by atoms with Crippen molar-refractivity contribution in [2.45, 2.75) is 29.6 Å². The molecule has 27 heavy (non-hydrogen) atoms. The number of nitrogen functional groups attached to an aromatic ring is 1. The molecule has 3 aromatic rings. The Morgan fingerprint density at radius 1 is 1.11 bits per heavy atom. The van der Waals surface area contributed by atoms with E-state index < -0.39 is 0 Å². The average Bonchev–Trinajstić information content (AvgIpc) is 2.69. The highest BCUT2D eigenvalue weighted by Gasteiger charge is 2.22. The molecule has 1 saturated heterocycles. The van der Waals surface area contributed by atoms with Gasteiger partial charge in [-0.15, -0.1) is 0 Å². The van der Waals surface area contributed by atoms with Crippen LogP contribution in [0.15, 0.2) is 57.1 Å². The molecule has 0 spiro atoms. The molecule has 0 radical (unpaired) electrons. The molecule has 5 nitrogen and oxygen atoms in total. The number of piperidine rings is 1. The van der Waals surface area contributed by atoms with Crippen molar-refractivity contribution in [2.24, 2.45) is 13.0 Å². The van der Waals surface area contributed by atoms with E-state index >= 15 is 0 Å². The minimum absolute atomic E-state index is 0.0888. The Morgan fingerprint density at radius 2 is 1.81 bits per heavy atom. The van der Waals surface area contributed by atoms with Crippen LogP contribution in [0.25, 0.3) is 10.8 Å². The molecule has 1 aliphatic rings. The maximum absolute atomic E-state index is 13.1. The van der Waals surface area contributed by atoms with Crippen molar-refractivity contribution in [3.05, 3.63) is 52.8 Å². The van der Waals surface area contributed by atoms with Crippen LogP contribution in [0.1, 0.15) is 19.8 Å². The first kappa shape index (κ1) is 17.9. The van der Waals surface area contributed by atoms with E-state index in [9.17, 15) is 4.79 Å². The van der Waals surface area contributed by atoms with E-state index in [1.165, 1.54) is 11.8 Å². The molecular weight excluding hydrogens is 356 g/mol. The van der Waals surface area contributed by atoms with Crippen LogP contribution in [0.3, 0.4) is 0 Å². The van der Waals surface area contributed by atoms with E-state index in [1.54, 1.807) is 11.6 Å². The fourth-order valence-corrected chi connectivity index (χ4v) is 4.61. The molecule has 2 N–H and O–H groups in total. The fourth-order valence-electron chi connectivity index (χ4n) is 3.57. The Bertz CT molecular complexity index is 1030. The van der Waals surface area contributed by atoms with Crippen LogP contribution >= 0.6 is 11.8 Å². The van der Waals surface area contributed by atoms with E-state index in [2.05, 4.69) is 35.0 Å². The van der Waals surface area contributed by atoms with Crippen LogP contribution in [0.2, 0.25) is 0 Å². The summed E-state index contributed by atoms with van der Waals surface area (Å²) in [6, 6.07) is 14.2. The van der Waals surface area contributed by atoms with Crippen LogP contribution in [0.4, 0.5) is 11.8 Å². The highest BCUT2D eigenvalue weighted by Crippen LogP contribution is 2.34. The van der Waals surface area contributed by atoms with Crippen molar-refractivity contribution in [3.63, 3.8) is 0 Å². The summed E-state index contributed by atoms with van der Waals surface area (Å²) in [6.07, 6.45) is 2.23. The smallest absolute Gasteiger partial charge is 0.270 e. The Morgan fingerprint density at radius 3 is 2.59 bits per heavy atom. The van der Waals surface area contributed by atoms with Gasteiger partial charge < -0.3 is 10.6 Å². The molecule has 140 valence electrons. The lowest BCUT2D eigenvalue weighted by molar-refractivity contribution is 0.430. The predicted octanol–water partition coefficient (Wildman–Crippen LogP) is 3.90. The number of hydrogen-bond donors (Lipinski definition) is 1. The summed E-state index contributed by atoms with van der Waals surface area (Å²) in [5, 5.41) is 2.26. The van der Waals surface area contributed by atoms with Gasteiger partial charge in [0.05, 0.1) is 0 Å². The number of rotatable bonds is 3. The average molecular weight is 381 g/mol. The number of nitrogens with zero attached hydrogens (tertiary/aromatic N) is 3. The van der Waals surface area contributed by atoms with Gasteiger partial charge in [0, 0.05) is 25.0 Å². The summed E-state index contributed by atoms with van der Waals surface area (Å²) < 4.78 is 1.64. The van der Waals surface area contributed by atoms with Crippen molar-refractivity contribution in [1.29, 1.82) is 0 Å². The maximum atomic E-state index is 13.1. The summed E-state index contributed by atoms with van der Waals surface area (Å²) in [6.45, 7) is 4.09. The molecule has 2 aromatic carbocycles. The number of anilines is 2. The molecule has 4 rings (SSSR count). The summed E-state index contributed by atoms with van der Waals surface area (Å²) in [5.74, 6) is 1.70. The van der Waals surface area contributed by atoms with E-state index in [1.807, 2.05) is 24.3 Å². The lowest BCUT2D eigenvalue weighted by Crippen LogP contribution is -2.38. The molecule has 0 saturated carbocycles. The third-order valence-corrected chi connectivity index (χ3v) is 6.44. The molecule has 1 aliphatic heterocycles. The Kier molecular flexibility index (Phi) is 4.83. The number of nitrogens with two attached hydrogens (primary N) is 1. The van der Waals surface area contributed by atoms with Gasteiger partial charge in [-0.25, -0.2) is 0 Å². The monoisotopic (exact) mass is 380 g/mol. The second-order valence-corrected chi connectivity index (χ2v) is 8.29. The van der Waals surface area contributed by atoms with Crippen molar-refractivity contribution in [3.8, 4) is 0 Å². The molecule has 0 atom stereocenters. The molecule has 6 heteroatoms. The van der Waals surface area contributed by atoms with E-state index in [0.29, 0.717) is 16.7 Å². The molecule has 2 heterocycles. The zero-order chi connectivity index (χ0) is 19.0. The topological polar surface area (TPSA) is 64.2 Å². The molecule has 0 unspecified atom stereocenters. The fraction of sp³-hybridized carbons (Fsp3) is 0.333. The van der Waals surface area contributed by atoms with Crippen LogP contribution < -0.4 is 16.2 Å². The highest BCUT2D eigenvalue weighted by molar-refractivity contribution is 7.99. The standard InChI is InChI=1S/C21H24N4OS/c1-14-10-12-25(13-11-14)21-23-19(22)18(20(26)24(21)2)27-17-9-5-7-15-6-3-4-8-16(15)17/h3-9,14H,10-13,22H2,1-2H3. The number of benzene rings is 2. The van der Waals surface area contributed by atoms with E-state index in [0.717, 1.165) is 47.5 Å². The van der Waals surface area contributed by atoms with Gasteiger partial charge in [0.15, 0.2) is 0 Å². The lowest BCUT2D eigenvalue weighted by atomic mass is 10.00. The third-order valence-electron chi connectivity index (χ3n) is 5.28. The lowest BCUT2D eigenvalue weighted by Gasteiger charge is -2.32. The van der Waals surface area contributed by atoms with Crippen LogP contribution in [0, 0.1) is 5.92 Å². The van der Waals surface area contributed by atoms with Crippen molar-refractivity contribution in [1.82, 2.24) is 9.55 Å². The van der Waals surface area contributed by atoms with Gasteiger partial charge >= 0.3 is 0 Å². The molecule has 0 aliphatic carbocycles. The zero-order valence-corrected chi connectivity index (χ0v) is 16.5. The normalized spacial score (nSPS) is 15.4. The van der Waals surface area contributed by atoms with Gasteiger partial charge in [0.2, 0.25) is 5.95 Å². The highest BCUT2D eigenvalue weighted by atomic mass is 32.2. The Labute approximate surface area is 163 Å². The summed E-state index contributed by atoms with van der Waals surface area (Å²) in [7, 11) is 1.79. The van der Waals surface area contributed by atoms with Crippen LogP contribution in [0.5, 0.6) is 0 Å². The maximum Gasteiger partial charge on any atom is 0.270 e. The van der Waals surface area contributed by atoms with Crippen molar-refractivity contribution < 1.29 is 0 Å². The van der Waals surface area contributed by atoms with Crippen molar-refractivity contribution in [2.75, 3.05) is 23.7 Å². The second-order valence-electron chi connectivity index (χ2n) is 7.24. The predicted molar refractivity (Wildman–Crippen MR) is 113 cm³/mol. The van der Waals surface area contributed by atoms with Gasteiger partial charge in [-0.05, 0) is 35.6 Å². The SMILES string of the molecule is CC1CCN(c2nc(N)c(Sc3cccc4ccccc34)c(=O)n2C)CC1. The molecule has 0 amide bonds. The van der Waals surface area contributed by atoms with Gasteiger partial charge in [0.1, 0.15) is 10.7 Å². The largest absolute Gasteiger partial charge is 0.382 e. The van der Waals surface area contributed by atoms with Gasteiger partial charge in [-0.1, -0.05) is 55.1 Å². The number of aromatic nitrogens is 2. The number of fused-ring (bicyclic) bond motifs is 1. The zero-order valence-electron chi connectivity index (χ0n) is 15.7. The molecule has 1 fully saturated rings. The number of hydrogen-bond acceptors (Lipinski definition) is 5. The first-order chi connectivity index (χ1) is 13.0. The first-order valence-corrected chi connectivity index (χ1v) is 10.1. The van der Waals surface area contributed by atoms with Crippen LogP contribution in [-0.4, -0.2) is 22.6 Å². The molecule has 0 bridgehead atoms. The first-order valence-electron chi connectivity index (χ1n) is 9.31. The summed E-state index contributed by atoms with van der Waals surface area (Å²) >= 11 is 1.40. The molecule has 1 aromatic heterocycles. The minimum atomic E-state index is -0.0888. The third kappa shape index (κ3) is 3.41. The van der Waals surface area contributed by atoms with E-state index in [-0.39, 0.29) is 5.56 Å². The second kappa shape index (κ2) is 7.27. The summed E-state index contributed by atoms with van der Waals surface area (Å²) in [4.78, 5) is 21.3. The Hall–Kier alpha value is -2.47. The van der Waals surface area contributed by atoms with Gasteiger partial charge in [-0.2, -0.15) is 4.98 Å². The van der Waals surface area contributed by atoms with Gasteiger partial charge in [-0.3, -0.25) is 9.36 Å². The van der Waals surface area contributed by atoms with Gasteiger partial charge in [0.25, 0.3) is 5.56 Å². The Balaban J connectivity index is 1.72. The van der Waals surface area contributed by atoms with Crippen LogP contribution in [-0.2, 0) is 7.05 Å². The quantitative estimate of drug-likeness (QED) is 0.746. The summed E-state index contributed by atoms with van der Waals surface area (Å²) in [5.41, 5.74) is 6.16. The van der Waals surface area contributed by atoms with Crippen molar-refractivity contribution >= 4 is 34.3 Å². The molecular formula is C21H24N4OS.